The average Bonchev–Trinajstić information content (AvgIpc) is 3.94. The molecular formula is C42H42Br2N6O8. The van der Waals surface area contributed by atoms with Gasteiger partial charge >= 0.3 is 12.2 Å². The predicted octanol–water partition coefficient (Wildman–Crippen LogP) is 6.93. The number of nitrogens with zero attached hydrogens (tertiary/aromatic N) is 2. The second-order valence-electron chi connectivity index (χ2n) is 13.7. The van der Waals surface area contributed by atoms with Crippen molar-refractivity contribution in [3.05, 3.63) is 117 Å². The fourth-order valence-electron chi connectivity index (χ4n) is 7.23. The van der Waals surface area contributed by atoms with E-state index in [-0.39, 0.29) is 11.8 Å². The lowest BCUT2D eigenvalue weighted by Gasteiger charge is -2.28. The Balaban J connectivity index is 1.11. The van der Waals surface area contributed by atoms with E-state index in [0.717, 1.165) is 11.1 Å². The second kappa shape index (κ2) is 19.1. The summed E-state index contributed by atoms with van der Waals surface area (Å²) in [5.74, 6) is -1.52. The Bertz CT molecular complexity index is 2020. The Labute approximate surface area is 352 Å². The van der Waals surface area contributed by atoms with Crippen molar-refractivity contribution in [1.29, 1.82) is 0 Å². The highest BCUT2D eigenvalue weighted by atomic mass is 79.9. The van der Waals surface area contributed by atoms with Gasteiger partial charge in [0.25, 0.3) is 11.8 Å². The van der Waals surface area contributed by atoms with E-state index < -0.39 is 48.2 Å². The zero-order chi connectivity index (χ0) is 41.3. The number of anilines is 2. The van der Waals surface area contributed by atoms with E-state index in [2.05, 4.69) is 53.1 Å². The van der Waals surface area contributed by atoms with Crippen LogP contribution in [0.1, 0.15) is 48.9 Å². The van der Waals surface area contributed by atoms with Crippen molar-refractivity contribution in [1.82, 2.24) is 20.4 Å². The van der Waals surface area contributed by atoms with Crippen LogP contribution in [-0.2, 0) is 28.7 Å². The predicted molar refractivity (Wildman–Crippen MR) is 223 cm³/mol. The molecule has 2 fully saturated rings. The van der Waals surface area contributed by atoms with Crippen LogP contribution in [-0.4, -0.2) is 85.0 Å². The number of benzene rings is 4. The van der Waals surface area contributed by atoms with Crippen molar-refractivity contribution in [2.75, 3.05) is 37.9 Å². The molecule has 302 valence electrons. The Morgan fingerprint density at radius 3 is 1.31 bits per heavy atom. The zero-order valence-electron chi connectivity index (χ0n) is 31.7. The van der Waals surface area contributed by atoms with Gasteiger partial charge in [-0.25, -0.2) is 9.59 Å². The number of ether oxygens (including phenoxy) is 2. The molecule has 0 aromatic heterocycles. The normalized spacial score (nSPS) is 17.1. The number of carbonyl (C=O) groups is 6. The molecule has 0 unspecified atom stereocenters. The third kappa shape index (κ3) is 9.68. The molecule has 4 aromatic rings. The van der Waals surface area contributed by atoms with Crippen molar-refractivity contribution in [3.63, 3.8) is 0 Å². The van der Waals surface area contributed by atoms with E-state index in [1.54, 1.807) is 84.9 Å². The molecule has 2 aliphatic heterocycles. The number of likely N-dealkylation sites (tertiary alicyclic amines) is 2. The summed E-state index contributed by atoms with van der Waals surface area (Å²) in [4.78, 5) is 82.0. The van der Waals surface area contributed by atoms with E-state index in [1.165, 1.54) is 24.0 Å². The first-order chi connectivity index (χ1) is 28.0. The first-order valence-corrected chi connectivity index (χ1v) is 20.2. The van der Waals surface area contributed by atoms with Crippen LogP contribution >= 0.6 is 31.9 Å². The number of amides is 6. The molecule has 4 N–H and O–H groups in total. The average molecular weight is 919 g/mol. The summed E-state index contributed by atoms with van der Waals surface area (Å²) < 4.78 is 10.9. The third-order valence-electron chi connectivity index (χ3n) is 10.1. The number of halogens is 2. The standard InChI is InChI=1S/C42H42Br2N6O8/c1-57-41(55)47-35(25-11-5-3-6-12-25)39(53)49-21-9-15-33(49)37(51)45-27-17-19-29(31(43)23-27)30-20-18-28(24-32(30)44)46-38(52)34-16-10-22-50(34)40(54)36(48-42(56)58-2)26-13-7-4-8-14-26/h3-8,11-14,17-20,23-24,33-36H,9-10,15-16,21-22H2,1-2H3,(H,45,51)(H,46,52)(H,47,55)(H,48,56)/t33-,34-,35+,36+/m0/s1. The van der Waals surface area contributed by atoms with Gasteiger partial charge in [0.1, 0.15) is 24.2 Å². The molecule has 0 aliphatic carbocycles. The number of hydrogen-bond donors (Lipinski definition) is 4. The maximum absolute atomic E-state index is 13.8. The Morgan fingerprint density at radius 2 is 0.966 bits per heavy atom. The van der Waals surface area contributed by atoms with Crippen molar-refractivity contribution in [3.8, 4) is 11.1 Å². The molecule has 2 saturated heterocycles. The Kier molecular flexibility index (Phi) is 13.8. The summed E-state index contributed by atoms with van der Waals surface area (Å²) in [6.07, 6.45) is 0.651. The quantitative estimate of drug-likeness (QED) is 0.125. The van der Waals surface area contributed by atoms with Gasteiger partial charge in [0.2, 0.25) is 11.8 Å². The number of rotatable bonds is 11. The number of alkyl carbamates (subject to hydrolysis) is 2. The Morgan fingerprint density at radius 1 is 0.586 bits per heavy atom. The fourth-order valence-corrected chi connectivity index (χ4v) is 8.42. The summed E-state index contributed by atoms with van der Waals surface area (Å²) >= 11 is 7.29. The van der Waals surface area contributed by atoms with Crippen LogP contribution in [0, 0.1) is 0 Å². The van der Waals surface area contributed by atoms with Crippen LogP contribution in [0.3, 0.4) is 0 Å². The zero-order valence-corrected chi connectivity index (χ0v) is 34.9. The molecule has 58 heavy (non-hydrogen) atoms. The highest BCUT2D eigenvalue weighted by Gasteiger charge is 2.40. The molecule has 2 heterocycles. The summed E-state index contributed by atoms with van der Waals surface area (Å²) in [7, 11) is 2.44. The molecule has 0 saturated carbocycles. The van der Waals surface area contributed by atoms with Crippen LogP contribution < -0.4 is 21.3 Å². The monoisotopic (exact) mass is 916 g/mol. The maximum atomic E-state index is 13.8. The van der Waals surface area contributed by atoms with Crippen LogP contribution in [0.5, 0.6) is 0 Å². The number of carbonyl (C=O) groups excluding carboxylic acids is 6. The van der Waals surface area contributed by atoms with Crippen molar-refractivity contribution < 1.29 is 38.2 Å². The highest BCUT2D eigenvalue weighted by Crippen LogP contribution is 2.37. The molecule has 0 radical (unpaired) electrons. The van der Waals surface area contributed by atoms with Gasteiger partial charge in [-0.1, -0.05) is 105 Å². The van der Waals surface area contributed by atoms with Gasteiger partial charge < -0.3 is 40.5 Å². The van der Waals surface area contributed by atoms with Crippen molar-refractivity contribution in [2.45, 2.75) is 49.9 Å². The summed E-state index contributed by atoms with van der Waals surface area (Å²) in [6, 6.07) is 24.8. The minimum Gasteiger partial charge on any atom is -0.453 e. The van der Waals surface area contributed by atoms with Crippen molar-refractivity contribution in [2.24, 2.45) is 0 Å². The van der Waals surface area contributed by atoms with Crippen LogP contribution in [0.2, 0.25) is 0 Å². The lowest BCUT2D eigenvalue weighted by Crippen LogP contribution is -2.48. The molecule has 6 amide bonds. The first-order valence-electron chi connectivity index (χ1n) is 18.6. The second-order valence-corrected chi connectivity index (χ2v) is 15.4. The molecule has 4 aromatic carbocycles. The first kappa shape index (κ1) is 41.9. The maximum Gasteiger partial charge on any atom is 0.407 e. The van der Waals surface area contributed by atoms with Gasteiger partial charge in [-0.3, -0.25) is 19.2 Å². The lowest BCUT2D eigenvalue weighted by atomic mass is 10.0. The van der Waals surface area contributed by atoms with Gasteiger partial charge in [-0.2, -0.15) is 0 Å². The summed E-state index contributed by atoms with van der Waals surface area (Å²) in [5, 5.41) is 11.1. The molecule has 14 nitrogen and oxygen atoms in total. The third-order valence-corrected chi connectivity index (χ3v) is 11.4. The largest absolute Gasteiger partial charge is 0.453 e. The molecule has 0 bridgehead atoms. The van der Waals surface area contributed by atoms with Gasteiger partial charge in [0.05, 0.1) is 14.2 Å². The van der Waals surface area contributed by atoms with E-state index in [4.69, 9.17) is 9.47 Å². The van der Waals surface area contributed by atoms with Crippen molar-refractivity contribution >= 4 is 79.0 Å². The molecule has 0 spiro atoms. The molecule has 4 atom stereocenters. The molecule has 6 rings (SSSR count). The summed E-state index contributed by atoms with van der Waals surface area (Å²) in [5.41, 5.74) is 3.77. The number of methoxy groups -OCH3 is 2. The topological polar surface area (TPSA) is 175 Å². The van der Waals surface area contributed by atoms with Crippen LogP contribution in [0.15, 0.2) is 106 Å². The molecular weight excluding hydrogens is 876 g/mol. The van der Waals surface area contributed by atoms with Gasteiger partial charge in [-0.15, -0.1) is 0 Å². The minimum atomic E-state index is -1.02. The van der Waals surface area contributed by atoms with Gasteiger partial charge in [-0.05, 0) is 72.2 Å². The number of hydrogen-bond acceptors (Lipinski definition) is 8. The lowest BCUT2D eigenvalue weighted by molar-refractivity contribution is -0.138. The minimum absolute atomic E-state index is 0.352. The van der Waals surface area contributed by atoms with E-state index in [0.29, 0.717) is 70.2 Å². The van der Waals surface area contributed by atoms with E-state index in [1.807, 2.05) is 12.1 Å². The van der Waals surface area contributed by atoms with E-state index in [9.17, 15) is 28.8 Å². The van der Waals surface area contributed by atoms with E-state index >= 15 is 0 Å². The van der Waals surface area contributed by atoms with Gasteiger partial charge in [0.15, 0.2) is 0 Å². The smallest absolute Gasteiger partial charge is 0.407 e. The SMILES string of the molecule is COC(=O)N[C@@H](C(=O)N1CCC[C@H]1C(=O)Nc1ccc(-c2ccc(NC(=O)[C@@H]3CCCN3C(=O)[C@H](NC(=O)OC)c3ccccc3)cc2Br)c(Br)c1)c1ccccc1. The molecule has 16 heteroatoms. The van der Waals surface area contributed by atoms with Gasteiger partial charge in [0, 0.05) is 33.4 Å². The van der Waals surface area contributed by atoms with Crippen LogP contribution in [0.4, 0.5) is 21.0 Å². The number of nitrogens with one attached hydrogen (secondary N) is 4. The molecule has 2 aliphatic rings. The highest BCUT2D eigenvalue weighted by molar-refractivity contribution is 9.11. The fraction of sp³-hybridized carbons (Fsp3) is 0.286. The Hall–Kier alpha value is -5.74. The summed E-state index contributed by atoms with van der Waals surface area (Å²) in [6.45, 7) is 0.715. The van der Waals surface area contributed by atoms with Crippen LogP contribution in [0.25, 0.3) is 11.1 Å².